The van der Waals surface area contributed by atoms with Crippen LogP contribution in [0.2, 0.25) is 0 Å². The molecule has 3 aromatic rings. The zero-order valence-corrected chi connectivity index (χ0v) is 29.9. The van der Waals surface area contributed by atoms with Gasteiger partial charge in [-0.3, -0.25) is 39.0 Å². The summed E-state index contributed by atoms with van der Waals surface area (Å²) in [6.45, 7) is 6.40. The number of fused-ring (bicyclic) bond motifs is 1. The van der Waals surface area contributed by atoms with Crippen LogP contribution >= 0.6 is 0 Å². The maximum Gasteiger partial charge on any atom is 0.273 e. The van der Waals surface area contributed by atoms with Crippen molar-refractivity contribution in [1.82, 2.24) is 30.3 Å². The molecule has 7 N–H and O–H groups in total. The lowest BCUT2D eigenvalue weighted by Gasteiger charge is -2.34. The van der Waals surface area contributed by atoms with Crippen LogP contribution in [-0.2, 0) is 14.4 Å². The fraction of sp³-hybridized carbons (Fsp3) is 0.432. The molecule has 3 fully saturated rings. The van der Waals surface area contributed by atoms with Gasteiger partial charge in [-0.25, -0.2) is 0 Å². The van der Waals surface area contributed by atoms with Crippen molar-refractivity contribution in [2.45, 2.75) is 63.5 Å². The number of rotatable bonds is 12. The zero-order chi connectivity index (χ0) is 38.1. The van der Waals surface area contributed by atoms with Crippen molar-refractivity contribution in [3.8, 4) is 0 Å². The summed E-state index contributed by atoms with van der Waals surface area (Å²) < 4.78 is 0. The number of hydrogen-bond donors (Lipinski definition) is 5. The summed E-state index contributed by atoms with van der Waals surface area (Å²) in [5.74, 6) is -2.35. The molecule has 3 atom stereocenters. The summed E-state index contributed by atoms with van der Waals surface area (Å²) in [4.78, 5) is 84.2. The molecule has 7 rings (SSSR count). The van der Waals surface area contributed by atoms with Gasteiger partial charge in [0.05, 0.1) is 11.1 Å². The first-order valence-corrected chi connectivity index (χ1v) is 18.3. The van der Waals surface area contributed by atoms with Crippen LogP contribution in [0.3, 0.4) is 0 Å². The Kier molecular flexibility index (Phi) is 10.2. The van der Waals surface area contributed by atoms with Crippen molar-refractivity contribution in [2.24, 2.45) is 17.4 Å². The van der Waals surface area contributed by atoms with Crippen molar-refractivity contribution >= 4 is 58.6 Å². The molecule has 2 aromatic carbocycles. The minimum atomic E-state index is -0.982. The fourth-order valence-corrected chi connectivity index (χ4v) is 7.83. The highest BCUT2D eigenvalue weighted by Crippen LogP contribution is 2.34. The quantitative estimate of drug-likeness (QED) is 0.166. The van der Waals surface area contributed by atoms with Crippen LogP contribution in [-0.4, -0.2) is 105 Å². The molecule has 2 unspecified atom stereocenters. The van der Waals surface area contributed by atoms with E-state index in [4.69, 9.17) is 11.5 Å². The normalized spacial score (nSPS) is 21.2. The third-order valence-corrected chi connectivity index (χ3v) is 10.8. The van der Waals surface area contributed by atoms with Crippen molar-refractivity contribution in [2.75, 3.05) is 48.3 Å². The maximum atomic E-state index is 13.3. The number of anilines is 4. The van der Waals surface area contributed by atoms with Crippen LogP contribution in [0.1, 0.15) is 88.1 Å². The predicted octanol–water partition coefficient (Wildman–Crippen LogP) is 1.50. The number of carbonyl (C=O) groups is 6. The van der Waals surface area contributed by atoms with Gasteiger partial charge in [-0.05, 0) is 92.9 Å². The molecule has 0 spiro atoms. The van der Waals surface area contributed by atoms with Gasteiger partial charge in [0.25, 0.3) is 17.7 Å². The van der Waals surface area contributed by atoms with E-state index in [9.17, 15) is 28.8 Å². The van der Waals surface area contributed by atoms with Gasteiger partial charge in [0.2, 0.25) is 23.7 Å². The highest BCUT2D eigenvalue weighted by atomic mass is 16.2. The summed E-state index contributed by atoms with van der Waals surface area (Å²) >= 11 is 0. The third kappa shape index (κ3) is 7.44. The SMILES string of the molecule is CC[C@H](Nc1nnc(C(N)=O)c(Nc2ccc(C3CCN(CC4CCN(c5ccc6c(c5)C(=O)N(C5CCC(=O)NC5=O)C6=O)C4)CC3)cc2)n1)C(N)=O. The highest BCUT2D eigenvalue weighted by Gasteiger charge is 2.45. The number of benzene rings is 2. The number of nitrogens with zero attached hydrogens (tertiary/aromatic N) is 6. The number of carbonyl (C=O) groups excluding carboxylic acids is 6. The number of imide groups is 2. The lowest BCUT2D eigenvalue weighted by Crippen LogP contribution is -2.54. The van der Waals surface area contributed by atoms with Gasteiger partial charge in [0.15, 0.2) is 11.5 Å². The number of piperidine rings is 2. The maximum absolute atomic E-state index is 13.3. The Morgan fingerprint density at radius 3 is 2.35 bits per heavy atom. The van der Waals surface area contributed by atoms with Crippen LogP contribution < -0.4 is 32.3 Å². The van der Waals surface area contributed by atoms with Crippen LogP contribution in [0.4, 0.5) is 23.1 Å². The number of nitrogens with one attached hydrogen (secondary N) is 3. The smallest absolute Gasteiger partial charge is 0.273 e. The fourth-order valence-electron chi connectivity index (χ4n) is 7.83. The first kappa shape index (κ1) is 36.4. The van der Waals surface area contributed by atoms with Gasteiger partial charge >= 0.3 is 0 Å². The number of aromatic nitrogens is 3. The molecular formula is C37H43N11O6. The zero-order valence-electron chi connectivity index (χ0n) is 29.9. The molecule has 3 saturated heterocycles. The minimum Gasteiger partial charge on any atom is -0.371 e. The van der Waals surface area contributed by atoms with Crippen LogP contribution in [0.15, 0.2) is 42.5 Å². The molecule has 6 amide bonds. The highest BCUT2D eigenvalue weighted by molar-refractivity contribution is 6.23. The topological polar surface area (TPSA) is 239 Å². The van der Waals surface area contributed by atoms with E-state index in [-0.39, 0.29) is 35.9 Å². The Bertz CT molecular complexity index is 2000. The number of nitrogens with two attached hydrogens (primary N) is 2. The van der Waals surface area contributed by atoms with E-state index in [0.29, 0.717) is 29.5 Å². The van der Waals surface area contributed by atoms with E-state index in [0.717, 1.165) is 62.6 Å². The number of likely N-dealkylation sites (tertiary alicyclic amines) is 1. The standard InChI is InChI=1S/C37H43N11O6/c1-2-27(31(38)50)41-37-43-33(30(32(39)51)44-45-37)40-23-5-3-21(4-6-23)22-12-14-46(15-13-22)18-20-11-16-47(19-20)24-7-8-25-26(17-24)36(54)48(35(25)53)28-9-10-29(49)42-34(28)52/h3-8,17,20,22,27-28H,2,9-16,18-19H2,1H3,(H2,38,50)(H2,39,51)(H,42,49,52)(H2,40,41,43,45)/t20?,27-,28?/m0/s1. The molecule has 1 aromatic heterocycles. The molecule has 282 valence electrons. The monoisotopic (exact) mass is 737 g/mol. The summed E-state index contributed by atoms with van der Waals surface area (Å²) in [7, 11) is 0. The summed E-state index contributed by atoms with van der Waals surface area (Å²) in [5, 5.41) is 15.9. The van der Waals surface area contributed by atoms with Crippen molar-refractivity contribution in [1.29, 1.82) is 0 Å². The molecular weight excluding hydrogens is 694 g/mol. The molecule has 0 aliphatic carbocycles. The van der Waals surface area contributed by atoms with Crippen LogP contribution in [0.25, 0.3) is 0 Å². The lowest BCUT2D eigenvalue weighted by molar-refractivity contribution is -0.136. The largest absolute Gasteiger partial charge is 0.371 e. The Balaban J connectivity index is 0.909. The number of hydrogen-bond acceptors (Lipinski definition) is 13. The van der Waals surface area contributed by atoms with Crippen molar-refractivity contribution < 1.29 is 28.8 Å². The summed E-state index contributed by atoms with van der Waals surface area (Å²) in [6, 6.07) is 11.6. The van der Waals surface area contributed by atoms with Crippen LogP contribution in [0.5, 0.6) is 0 Å². The van der Waals surface area contributed by atoms with Gasteiger partial charge in [-0.15, -0.1) is 10.2 Å². The van der Waals surface area contributed by atoms with Gasteiger partial charge < -0.3 is 31.9 Å². The van der Waals surface area contributed by atoms with E-state index < -0.39 is 47.5 Å². The molecule has 54 heavy (non-hydrogen) atoms. The molecule has 0 bridgehead atoms. The van der Waals surface area contributed by atoms with Crippen LogP contribution in [0, 0.1) is 5.92 Å². The second-order valence-corrected chi connectivity index (χ2v) is 14.3. The average Bonchev–Trinajstić information content (AvgIpc) is 3.72. The molecule has 0 radical (unpaired) electrons. The average molecular weight is 738 g/mol. The van der Waals surface area contributed by atoms with E-state index in [1.54, 1.807) is 19.1 Å². The van der Waals surface area contributed by atoms with Crippen molar-refractivity contribution in [3.05, 3.63) is 64.8 Å². The molecule has 17 nitrogen and oxygen atoms in total. The first-order chi connectivity index (χ1) is 26.0. The summed E-state index contributed by atoms with van der Waals surface area (Å²) in [5.41, 5.74) is 14.2. The molecule has 5 heterocycles. The number of primary amides is 2. The number of amides is 6. The Hall–Kier alpha value is -5.97. The molecule has 4 aliphatic rings. The lowest BCUT2D eigenvalue weighted by atomic mass is 9.89. The molecule has 17 heteroatoms. The predicted molar refractivity (Wildman–Crippen MR) is 197 cm³/mol. The van der Waals surface area contributed by atoms with Crippen molar-refractivity contribution in [3.63, 3.8) is 0 Å². The second kappa shape index (κ2) is 15.2. The second-order valence-electron chi connectivity index (χ2n) is 14.3. The van der Waals surface area contributed by atoms with E-state index in [1.165, 1.54) is 5.56 Å². The molecule has 0 saturated carbocycles. The Morgan fingerprint density at radius 1 is 0.926 bits per heavy atom. The van der Waals surface area contributed by atoms with Gasteiger partial charge in [-0.2, -0.15) is 4.98 Å². The minimum absolute atomic E-state index is 0.0411. The molecule has 4 aliphatic heterocycles. The van der Waals surface area contributed by atoms with Gasteiger partial charge in [-0.1, -0.05) is 19.1 Å². The Morgan fingerprint density at radius 2 is 1.67 bits per heavy atom. The van der Waals surface area contributed by atoms with Gasteiger partial charge in [0, 0.05) is 37.4 Å². The van der Waals surface area contributed by atoms with E-state index in [1.807, 2.05) is 18.2 Å². The van der Waals surface area contributed by atoms with E-state index >= 15 is 0 Å². The Labute approximate surface area is 311 Å². The van der Waals surface area contributed by atoms with E-state index in [2.05, 4.69) is 53.1 Å². The summed E-state index contributed by atoms with van der Waals surface area (Å²) in [6.07, 6.45) is 3.68. The first-order valence-electron chi connectivity index (χ1n) is 18.3. The third-order valence-electron chi connectivity index (χ3n) is 10.8. The van der Waals surface area contributed by atoms with Gasteiger partial charge in [0.1, 0.15) is 12.1 Å².